The summed E-state index contributed by atoms with van der Waals surface area (Å²) in [6.45, 7) is 0. The van der Waals surface area contributed by atoms with Crippen LogP contribution in [0.2, 0.25) is 5.15 Å². The second-order valence-corrected chi connectivity index (χ2v) is 3.70. The Balaban J connectivity index is 2.20. The molecule has 1 aromatic heterocycles. The van der Waals surface area contributed by atoms with Gasteiger partial charge in [-0.05, 0) is 24.3 Å². The molecule has 0 unspecified atom stereocenters. The highest BCUT2D eigenvalue weighted by Crippen LogP contribution is 2.04. The zero-order chi connectivity index (χ0) is 13.0. The summed E-state index contributed by atoms with van der Waals surface area (Å²) in [5.41, 5.74) is 0.588. The van der Waals surface area contributed by atoms with E-state index in [2.05, 4.69) is 15.4 Å². The Morgan fingerprint density at radius 3 is 2.67 bits per heavy atom. The predicted octanol–water partition coefficient (Wildman–Crippen LogP) is 1.91. The smallest absolute Gasteiger partial charge is 0.347 e. The molecule has 92 valence electrons. The molecule has 1 heterocycles. The Bertz CT molecular complexity index is 624. The van der Waals surface area contributed by atoms with Crippen LogP contribution in [-0.2, 0) is 0 Å². The number of benzene rings is 1. The van der Waals surface area contributed by atoms with Crippen LogP contribution in [-0.4, -0.2) is 21.2 Å². The van der Waals surface area contributed by atoms with Gasteiger partial charge >= 0.3 is 6.03 Å². The number of rotatable bonds is 1. The molecular weight excluding hydrogens is 256 g/mol. The molecule has 0 fully saturated rings. The van der Waals surface area contributed by atoms with E-state index in [-0.39, 0.29) is 10.6 Å². The first-order valence-electron chi connectivity index (χ1n) is 5.01. The zero-order valence-electron chi connectivity index (χ0n) is 9.12. The molecule has 0 saturated heterocycles. The quantitative estimate of drug-likeness (QED) is 0.772. The number of aromatic nitrogens is 2. The summed E-state index contributed by atoms with van der Waals surface area (Å²) in [4.78, 5) is 15.6. The number of nitrogens with one attached hydrogen (secondary N) is 1. The van der Waals surface area contributed by atoms with Gasteiger partial charge in [0.05, 0.1) is 0 Å². The van der Waals surface area contributed by atoms with Gasteiger partial charge in [-0.15, -0.1) is 5.10 Å². The molecule has 1 aromatic carbocycles. The Labute approximate surface area is 107 Å². The Hall–Kier alpha value is -2.34. The first kappa shape index (κ1) is 12.1. The third-order valence-corrected chi connectivity index (χ3v) is 2.21. The highest BCUT2D eigenvalue weighted by Gasteiger charge is 2.00. The number of amides is 2. The molecular formula is C11H9ClN4O2. The van der Waals surface area contributed by atoms with Crippen molar-refractivity contribution in [2.75, 3.05) is 5.32 Å². The lowest BCUT2D eigenvalue weighted by atomic mass is 10.3. The van der Waals surface area contributed by atoms with Gasteiger partial charge < -0.3 is 10.5 Å². The number of anilines is 1. The average Bonchev–Trinajstić information content (AvgIpc) is 2.34. The second kappa shape index (κ2) is 5.33. The SMILES string of the molecule is O=C(/N=c1/ccc(Cl)nn1O)Nc1ccccc1. The van der Waals surface area contributed by atoms with Crippen LogP contribution < -0.4 is 10.8 Å². The van der Waals surface area contributed by atoms with Crippen molar-refractivity contribution in [2.24, 2.45) is 4.99 Å². The molecule has 0 saturated carbocycles. The van der Waals surface area contributed by atoms with Crippen LogP contribution >= 0.6 is 11.6 Å². The zero-order valence-corrected chi connectivity index (χ0v) is 9.87. The maximum Gasteiger partial charge on any atom is 0.347 e. The van der Waals surface area contributed by atoms with Crippen molar-refractivity contribution in [3.63, 3.8) is 0 Å². The summed E-state index contributed by atoms with van der Waals surface area (Å²) in [7, 11) is 0. The molecule has 0 radical (unpaired) electrons. The molecule has 0 bridgehead atoms. The molecule has 2 N–H and O–H groups in total. The Morgan fingerprint density at radius 1 is 1.28 bits per heavy atom. The molecule has 0 aliphatic carbocycles. The summed E-state index contributed by atoms with van der Waals surface area (Å²) in [5.74, 6) is 0. The molecule has 0 atom stereocenters. The maximum atomic E-state index is 11.6. The average molecular weight is 265 g/mol. The van der Waals surface area contributed by atoms with E-state index < -0.39 is 6.03 Å². The topological polar surface area (TPSA) is 79.5 Å². The third-order valence-electron chi connectivity index (χ3n) is 2.01. The number of halogens is 1. The monoisotopic (exact) mass is 264 g/mol. The normalized spacial score (nSPS) is 11.3. The number of hydrogen-bond acceptors (Lipinski definition) is 3. The summed E-state index contributed by atoms with van der Waals surface area (Å²) >= 11 is 5.55. The van der Waals surface area contributed by atoms with E-state index in [1.54, 1.807) is 24.3 Å². The van der Waals surface area contributed by atoms with Crippen LogP contribution in [0.25, 0.3) is 0 Å². The highest BCUT2D eigenvalue weighted by molar-refractivity contribution is 6.29. The van der Waals surface area contributed by atoms with Gasteiger partial charge in [0, 0.05) is 5.69 Å². The first-order valence-corrected chi connectivity index (χ1v) is 5.39. The van der Waals surface area contributed by atoms with Gasteiger partial charge in [0.1, 0.15) is 0 Å². The largest absolute Gasteiger partial charge is 0.410 e. The van der Waals surface area contributed by atoms with Gasteiger partial charge in [-0.1, -0.05) is 34.6 Å². The molecule has 2 rings (SSSR count). The van der Waals surface area contributed by atoms with Crippen LogP contribution in [0.15, 0.2) is 47.5 Å². The van der Waals surface area contributed by atoms with Crippen molar-refractivity contribution >= 4 is 23.3 Å². The minimum Gasteiger partial charge on any atom is -0.410 e. The van der Waals surface area contributed by atoms with Crippen molar-refractivity contribution < 1.29 is 10.0 Å². The van der Waals surface area contributed by atoms with Gasteiger partial charge in [0.15, 0.2) is 10.6 Å². The van der Waals surface area contributed by atoms with Gasteiger partial charge in [-0.25, -0.2) is 4.79 Å². The lowest BCUT2D eigenvalue weighted by molar-refractivity contribution is 0.131. The van der Waals surface area contributed by atoms with Gasteiger partial charge in [0.2, 0.25) is 0 Å². The van der Waals surface area contributed by atoms with Crippen molar-refractivity contribution in [2.45, 2.75) is 0 Å². The van der Waals surface area contributed by atoms with Crippen molar-refractivity contribution in [1.29, 1.82) is 0 Å². The molecule has 2 aromatic rings. The molecule has 2 amide bonds. The standard InChI is InChI=1S/C11H9ClN4O2/c12-9-6-7-10(16(18)15-9)14-11(17)13-8-4-2-1-3-5-8/h1-7,18H,(H,13,17)/b14-10-. The molecule has 0 spiro atoms. The van der Waals surface area contributed by atoms with E-state index in [0.717, 1.165) is 0 Å². The van der Waals surface area contributed by atoms with Crippen molar-refractivity contribution in [3.8, 4) is 0 Å². The van der Waals surface area contributed by atoms with E-state index in [1.807, 2.05) is 6.07 Å². The summed E-state index contributed by atoms with van der Waals surface area (Å²) in [5, 5.41) is 15.5. The fourth-order valence-electron chi connectivity index (χ4n) is 1.24. The third kappa shape index (κ3) is 3.08. The predicted molar refractivity (Wildman–Crippen MR) is 65.4 cm³/mol. The van der Waals surface area contributed by atoms with Gasteiger partial charge in [-0.3, -0.25) is 0 Å². The maximum absolute atomic E-state index is 11.6. The number of carbonyl (C=O) groups excluding carboxylic acids is 1. The number of urea groups is 1. The number of nitrogens with zero attached hydrogens (tertiary/aromatic N) is 3. The Morgan fingerprint density at radius 2 is 2.00 bits per heavy atom. The van der Waals surface area contributed by atoms with Crippen LogP contribution in [0.5, 0.6) is 0 Å². The molecule has 6 nitrogen and oxygen atoms in total. The van der Waals surface area contributed by atoms with Crippen molar-refractivity contribution in [3.05, 3.63) is 53.1 Å². The molecule has 7 heteroatoms. The first-order chi connectivity index (χ1) is 8.65. The lowest BCUT2D eigenvalue weighted by Gasteiger charge is -2.00. The van der Waals surface area contributed by atoms with E-state index in [0.29, 0.717) is 10.5 Å². The van der Waals surface area contributed by atoms with E-state index in [1.165, 1.54) is 12.1 Å². The van der Waals surface area contributed by atoms with Crippen LogP contribution in [0.3, 0.4) is 0 Å². The highest BCUT2D eigenvalue weighted by atomic mass is 35.5. The second-order valence-electron chi connectivity index (χ2n) is 3.31. The Kier molecular flexibility index (Phi) is 3.59. The van der Waals surface area contributed by atoms with Gasteiger partial charge in [-0.2, -0.15) is 4.99 Å². The fourth-order valence-corrected chi connectivity index (χ4v) is 1.38. The van der Waals surface area contributed by atoms with Crippen LogP contribution in [0.1, 0.15) is 0 Å². The lowest BCUT2D eigenvalue weighted by Crippen LogP contribution is -2.24. The molecule has 0 aliphatic rings. The van der Waals surface area contributed by atoms with E-state index in [9.17, 15) is 10.0 Å². The number of para-hydroxylation sites is 1. The number of hydrogen-bond donors (Lipinski definition) is 2. The molecule has 18 heavy (non-hydrogen) atoms. The number of carbonyl (C=O) groups is 1. The minimum absolute atomic E-state index is 0.0205. The van der Waals surface area contributed by atoms with Crippen LogP contribution in [0.4, 0.5) is 10.5 Å². The summed E-state index contributed by atoms with van der Waals surface area (Å²) in [6, 6.07) is 11.0. The molecule has 0 aliphatic heterocycles. The summed E-state index contributed by atoms with van der Waals surface area (Å²) in [6.07, 6.45) is 0. The summed E-state index contributed by atoms with van der Waals surface area (Å²) < 4.78 is 0. The van der Waals surface area contributed by atoms with Crippen molar-refractivity contribution in [1.82, 2.24) is 9.94 Å². The van der Waals surface area contributed by atoms with Gasteiger partial charge in [0.25, 0.3) is 0 Å². The van der Waals surface area contributed by atoms with E-state index >= 15 is 0 Å². The fraction of sp³-hybridized carbons (Fsp3) is 0. The van der Waals surface area contributed by atoms with E-state index in [4.69, 9.17) is 11.6 Å². The van der Waals surface area contributed by atoms with Crippen LogP contribution in [0, 0.1) is 0 Å². The minimum atomic E-state index is -0.617.